The number of hydrogen-bond acceptors (Lipinski definition) is 4. The molecular weight excluding hydrogens is 281 g/mol. The third-order valence-corrected chi connectivity index (χ3v) is 3.79. The molecule has 0 amide bonds. The lowest BCUT2D eigenvalue weighted by Crippen LogP contribution is -2.02. The van der Waals surface area contributed by atoms with Crippen molar-refractivity contribution in [3.05, 3.63) is 16.4 Å². The van der Waals surface area contributed by atoms with Crippen LogP contribution in [-0.2, 0) is 10.4 Å². The van der Waals surface area contributed by atoms with Crippen LogP contribution in [-0.4, -0.2) is 19.7 Å². The van der Waals surface area contributed by atoms with Gasteiger partial charge in [0, 0.05) is 0 Å². The Morgan fingerprint density at radius 2 is 2.13 bits per heavy atom. The van der Waals surface area contributed by atoms with E-state index in [1.807, 2.05) is 0 Å². The van der Waals surface area contributed by atoms with Gasteiger partial charge in [0.05, 0.1) is 18.0 Å². The second-order valence-corrected chi connectivity index (χ2v) is 6.14. The molecule has 0 atom stereocenters. The van der Waals surface area contributed by atoms with E-state index in [1.165, 1.54) is 15.9 Å². The molecule has 4 nitrogen and oxygen atoms in total. The van der Waals surface area contributed by atoms with Gasteiger partial charge in [0.25, 0.3) is 0 Å². The summed E-state index contributed by atoms with van der Waals surface area (Å²) >= 11 is 18.3. The number of aliphatic hydroxyl groups is 1. The zero-order valence-corrected chi connectivity index (χ0v) is 10.6. The lowest BCUT2D eigenvalue weighted by molar-refractivity contribution is 0.273. The van der Waals surface area contributed by atoms with Gasteiger partial charge < -0.3 is 5.11 Å². The highest BCUT2D eigenvalue weighted by molar-refractivity contribution is 7.17. The Morgan fingerprint density at radius 1 is 1.47 bits per heavy atom. The first-order valence-corrected chi connectivity index (χ1v) is 5.91. The minimum Gasteiger partial charge on any atom is -0.390 e. The molecule has 0 aliphatic heterocycles. The molecule has 2 rings (SSSR count). The molecule has 0 saturated carbocycles. The van der Waals surface area contributed by atoms with Crippen LogP contribution >= 0.6 is 46.1 Å². The average Bonchev–Trinajstić information content (AvgIpc) is 2.59. The fourth-order valence-electron chi connectivity index (χ4n) is 1.19. The van der Waals surface area contributed by atoms with Gasteiger partial charge in [0.1, 0.15) is 0 Å². The van der Waals surface area contributed by atoms with E-state index in [1.54, 1.807) is 6.92 Å². The lowest BCUT2D eigenvalue weighted by Gasteiger charge is -2.03. The molecule has 0 radical (unpaired) electrons. The molecule has 0 aliphatic rings. The number of rotatable bonds is 1. The number of aromatic nitrogens is 3. The van der Waals surface area contributed by atoms with E-state index < -0.39 is 3.79 Å². The Bertz CT molecular complexity index is 501. The number of hydrogen-bond donors (Lipinski definition) is 1. The van der Waals surface area contributed by atoms with Gasteiger partial charge in [-0.25, -0.2) is 9.50 Å². The second-order valence-electron chi connectivity index (χ2n) is 2.90. The highest BCUT2D eigenvalue weighted by Gasteiger charge is 2.29. The van der Waals surface area contributed by atoms with Crippen LogP contribution in [0.2, 0.25) is 0 Å². The predicted octanol–water partition coefficient (Wildman–Crippen LogP) is 2.42. The number of aryl methyl sites for hydroxylation is 1. The first kappa shape index (κ1) is 11.4. The van der Waals surface area contributed by atoms with Crippen molar-refractivity contribution in [2.24, 2.45) is 0 Å². The van der Waals surface area contributed by atoms with E-state index in [0.29, 0.717) is 15.7 Å². The fourth-order valence-corrected chi connectivity index (χ4v) is 2.48. The van der Waals surface area contributed by atoms with E-state index in [-0.39, 0.29) is 6.61 Å². The van der Waals surface area contributed by atoms with E-state index in [9.17, 15) is 0 Å². The molecule has 2 aromatic heterocycles. The maximum Gasteiger partial charge on any atom is 0.243 e. The maximum absolute atomic E-state index is 9.12. The summed E-state index contributed by atoms with van der Waals surface area (Å²) in [5, 5.41) is 13.6. The van der Waals surface area contributed by atoms with Crippen LogP contribution in [0.5, 0.6) is 0 Å². The lowest BCUT2D eigenvalue weighted by atomic mass is 10.4. The van der Waals surface area contributed by atoms with E-state index in [2.05, 4.69) is 10.1 Å². The Labute approximate surface area is 104 Å². The van der Waals surface area contributed by atoms with Gasteiger partial charge in [-0.05, 0) is 6.92 Å². The SMILES string of the molecule is Cc1nc2sc(C(Cl)(Cl)Cl)nn2c1CO. The summed E-state index contributed by atoms with van der Waals surface area (Å²) in [5.74, 6) is 0. The molecule has 0 aliphatic carbocycles. The Balaban J connectivity index is 2.63. The van der Waals surface area contributed by atoms with Crippen molar-refractivity contribution in [3.63, 3.8) is 0 Å². The number of fused-ring (bicyclic) bond motifs is 1. The molecule has 0 bridgehead atoms. The predicted molar refractivity (Wildman–Crippen MR) is 60.8 cm³/mol. The number of aliphatic hydroxyl groups excluding tert-OH is 1. The fraction of sp³-hybridized carbons (Fsp3) is 0.429. The van der Waals surface area contributed by atoms with Gasteiger partial charge in [-0.2, -0.15) is 5.10 Å². The molecule has 0 fully saturated rings. The van der Waals surface area contributed by atoms with E-state index in [4.69, 9.17) is 39.9 Å². The Morgan fingerprint density at radius 3 is 2.67 bits per heavy atom. The number of alkyl halides is 3. The van der Waals surface area contributed by atoms with Gasteiger partial charge in [-0.3, -0.25) is 0 Å². The summed E-state index contributed by atoms with van der Waals surface area (Å²) in [6, 6.07) is 0. The number of halogens is 3. The average molecular weight is 287 g/mol. The second kappa shape index (κ2) is 3.75. The van der Waals surface area contributed by atoms with Crippen LogP contribution in [0.3, 0.4) is 0 Å². The number of nitrogens with zero attached hydrogens (tertiary/aromatic N) is 3. The highest BCUT2D eigenvalue weighted by atomic mass is 35.6. The quantitative estimate of drug-likeness (QED) is 0.819. The summed E-state index contributed by atoms with van der Waals surface area (Å²) in [5.41, 5.74) is 1.34. The van der Waals surface area contributed by atoms with Crippen LogP contribution in [0.25, 0.3) is 4.96 Å². The van der Waals surface area contributed by atoms with Gasteiger partial charge in [-0.1, -0.05) is 46.1 Å². The van der Waals surface area contributed by atoms with E-state index in [0.717, 1.165) is 5.69 Å². The van der Waals surface area contributed by atoms with Crippen molar-refractivity contribution >= 4 is 51.1 Å². The van der Waals surface area contributed by atoms with Crippen molar-refractivity contribution in [1.82, 2.24) is 14.6 Å². The molecule has 2 heterocycles. The molecule has 1 N–H and O–H groups in total. The van der Waals surface area contributed by atoms with Crippen molar-refractivity contribution < 1.29 is 5.11 Å². The summed E-state index contributed by atoms with van der Waals surface area (Å²) in [6.45, 7) is 1.65. The molecule has 2 aromatic rings. The van der Waals surface area contributed by atoms with Gasteiger partial charge >= 0.3 is 0 Å². The highest BCUT2D eigenvalue weighted by Crippen LogP contribution is 2.40. The molecule has 0 aromatic carbocycles. The van der Waals surface area contributed by atoms with Gasteiger partial charge in [0.15, 0.2) is 5.01 Å². The Hall–Kier alpha value is -0.0700. The summed E-state index contributed by atoms with van der Waals surface area (Å²) in [4.78, 5) is 4.81. The largest absolute Gasteiger partial charge is 0.390 e. The standard InChI is InChI=1S/C7H6Cl3N3OS/c1-3-4(2-14)13-6(11-3)15-5(12-13)7(8,9)10/h14H,2H2,1H3. The topological polar surface area (TPSA) is 50.4 Å². The molecule has 0 unspecified atom stereocenters. The molecule has 82 valence electrons. The van der Waals surface area contributed by atoms with Crippen molar-refractivity contribution in [2.45, 2.75) is 17.3 Å². The normalized spacial score (nSPS) is 12.6. The van der Waals surface area contributed by atoms with Crippen LogP contribution < -0.4 is 0 Å². The summed E-state index contributed by atoms with van der Waals surface area (Å²) in [7, 11) is 0. The number of imidazole rings is 1. The van der Waals surface area contributed by atoms with Crippen LogP contribution in [0.1, 0.15) is 16.4 Å². The smallest absolute Gasteiger partial charge is 0.243 e. The van der Waals surface area contributed by atoms with Crippen LogP contribution in [0, 0.1) is 6.92 Å². The van der Waals surface area contributed by atoms with Gasteiger partial charge in [0.2, 0.25) is 8.75 Å². The molecular formula is C7H6Cl3N3OS. The van der Waals surface area contributed by atoms with Crippen molar-refractivity contribution in [3.8, 4) is 0 Å². The minimum atomic E-state index is -1.55. The Kier molecular flexibility index (Phi) is 2.85. The summed E-state index contributed by atoms with van der Waals surface area (Å²) < 4.78 is -0.0524. The minimum absolute atomic E-state index is 0.143. The molecule has 0 saturated heterocycles. The molecule has 0 spiro atoms. The zero-order chi connectivity index (χ0) is 11.2. The monoisotopic (exact) mass is 285 g/mol. The van der Waals surface area contributed by atoms with Crippen LogP contribution in [0.15, 0.2) is 0 Å². The third-order valence-electron chi connectivity index (χ3n) is 1.89. The first-order chi connectivity index (χ1) is 6.93. The van der Waals surface area contributed by atoms with Crippen molar-refractivity contribution in [1.29, 1.82) is 0 Å². The molecule has 8 heteroatoms. The zero-order valence-electron chi connectivity index (χ0n) is 7.54. The molecule has 15 heavy (non-hydrogen) atoms. The maximum atomic E-state index is 9.12. The first-order valence-electron chi connectivity index (χ1n) is 3.96. The van der Waals surface area contributed by atoms with E-state index >= 15 is 0 Å². The van der Waals surface area contributed by atoms with Crippen molar-refractivity contribution in [2.75, 3.05) is 0 Å². The van der Waals surface area contributed by atoms with Gasteiger partial charge in [-0.15, -0.1) is 0 Å². The summed E-state index contributed by atoms with van der Waals surface area (Å²) in [6.07, 6.45) is 0. The third kappa shape index (κ3) is 1.94. The van der Waals surface area contributed by atoms with Crippen LogP contribution in [0.4, 0.5) is 0 Å².